The van der Waals surface area contributed by atoms with Crippen molar-refractivity contribution in [2.24, 2.45) is 0 Å². The van der Waals surface area contributed by atoms with Gasteiger partial charge in [-0.3, -0.25) is 9.59 Å². The average molecular weight is 441 g/mol. The largest absolute Gasteiger partial charge is 0.321 e. The van der Waals surface area contributed by atoms with Gasteiger partial charge >= 0.3 is 0 Å². The molecule has 0 saturated heterocycles. The van der Waals surface area contributed by atoms with E-state index in [0.717, 1.165) is 5.56 Å². The first-order chi connectivity index (χ1) is 14.8. The molecule has 162 valence electrons. The van der Waals surface area contributed by atoms with Crippen molar-refractivity contribution in [1.82, 2.24) is 14.1 Å². The third kappa shape index (κ3) is 5.44. The van der Waals surface area contributed by atoms with Crippen molar-refractivity contribution < 1.29 is 13.2 Å². The Morgan fingerprint density at radius 3 is 2.35 bits per heavy atom. The van der Waals surface area contributed by atoms with E-state index in [1.807, 2.05) is 37.3 Å². The minimum absolute atomic E-state index is 0.104. The number of aryl methyl sites for hydroxylation is 1. The SMILES string of the molecule is CCCn1nc(C(=O)Nc2ccc(S(=O)(=O)N(C)Cc3ccccc3)cc2)ccc1=O. The molecule has 0 aliphatic heterocycles. The van der Waals surface area contributed by atoms with Gasteiger partial charge in [0.2, 0.25) is 10.0 Å². The molecule has 1 aromatic heterocycles. The van der Waals surface area contributed by atoms with Crippen molar-refractivity contribution >= 4 is 21.6 Å². The molecule has 9 heteroatoms. The number of rotatable bonds is 8. The highest BCUT2D eigenvalue weighted by molar-refractivity contribution is 7.89. The van der Waals surface area contributed by atoms with Gasteiger partial charge < -0.3 is 5.32 Å². The van der Waals surface area contributed by atoms with Gasteiger partial charge in [0, 0.05) is 31.9 Å². The van der Waals surface area contributed by atoms with Crippen molar-refractivity contribution in [2.45, 2.75) is 31.3 Å². The monoisotopic (exact) mass is 440 g/mol. The maximum absolute atomic E-state index is 12.8. The summed E-state index contributed by atoms with van der Waals surface area (Å²) in [6.45, 7) is 2.58. The first-order valence-corrected chi connectivity index (χ1v) is 11.2. The standard InChI is InChI=1S/C22H24N4O4S/c1-3-15-26-21(27)14-13-20(24-26)22(28)23-18-9-11-19(12-10-18)31(29,30)25(2)16-17-7-5-4-6-8-17/h4-14H,3,15-16H2,1-2H3,(H,23,28). The Hall–Kier alpha value is -3.30. The quantitative estimate of drug-likeness (QED) is 0.580. The fourth-order valence-electron chi connectivity index (χ4n) is 2.95. The number of anilines is 1. The maximum Gasteiger partial charge on any atom is 0.276 e. The number of carbonyl (C=O) groups is 1. The number of nitrogens with zero attached hydrogens (tertiary/aromatic N) is 3. The molecule has 0 saturated carbocycles. The second kappa shape index (κ2) is 9.67. The summed E-state index contributed by atoms with van der Waals surface area (Å²) in [5.74, 6) is -0.485. The number of amides is 1. The number of aromatic nitrogens is 2. The molecule has 31 heavy (non-hydrogen) atoms. The zero-order chi connectivity index (χ0) is 22.4. The number of carbonyl (C=O) groups excluding carboxylic acids is 1. The molecular weight excluding hydrogens is 416 g/mol. The van der Waals surface area contributed by atoms with Crippen LogP contribution in [0.5, 0.6) is 0 Å². The van der Waals surface area contributed by atoms with Gasteiger partial charge in [-0.25, -0.2) is 13.1 Å². The molecule has 1 N–H and O–H groups in total. The topological polar surface area (TPSA) is 101 Å². The summed E-state index contributed by atoms with van der Waals surface area (Å²) in [6.07, 6.45) is 0.715. The Kier molecular flexibility index (Phi) is 6.98. The van der Waals surface area contributed by atoms with Gasteiger partial charge in [0.1, 0.15) is 5.69 Å². The summed E-state index contributed by atoms with van der Waals surface area (Å²) in [5.41, 5.74) is 1.14. The Morgan fingerprint density at radius 2 is 1.71 bits per heavy atom. The van der Waals surface area contributed by atoms with E-state index in [0.29, 0.717) is 18.7 Å². The van der Waals surface area contributed by atoms with Gasteiger partial charge in [-0.05, 0) is 42.3 Å². The van der Waals surface area contributed by atoms with Crippen LogP contribution < -0.4 is 10.9 Å². The van der Waals surface area contributed by atoms with Gasteiger partial charge in [0.05, 0.1) is 4.90 Å². The summed E-state index contributed by atoms with van der Waals surface area (Å²) in [4.78, 5) is 24.3. The van der Waals surface area contributed by atoms with Crippen molar-refractivity contribution in [3.05, 3.63) is 88.3 Å². The zero-order valence-corrected chi connectivity index (χ0v) is 18.2. The van der Waals surface area contributed by atoms with Crippen molar-refractivity contribution in [3.8, 4) is 0 Å². The number of nitrogens with one attached hydrogen (secondary N) is 1. The predicted molar refractivity (Wildman–Crippen MR) is 118 cm³/mol. The van der Waals surface area contributed by atoms with Crippen LogP contribution in [0.3, 0.4) is 0 Å². The Bertz CT molecular complexity index is 1210. The summed E-state index contributed by atoms with van der Waals surface area (Å²) in [5, 5.41) is 6.74. The third-order valence-corrected chi connectivity index (χ3v) is 6.42. The molecule has 0 aliphatic carbocycles. The Labute approximate surface area is 181 Å². The second-order valence-corrected chi connectivity index (χ2v) is 9.05. The van der Waals surface area contributed by atoms with Crippen molar-refractivity contribution in [1.29, 1.82) is 0 Å². The Balaban J connectivity index is 1.71. The molecule has 0 aliphatic rings. The number of hydrogen-bond acceptors (Lipinski definition) is 5. The van der Waals surface area contributed by atoms with Crippen molar-refractivity contribution in [2.75, 3.05) is 12.4 Å². The molecule has 3 rings (SSSR count). The third-order valence-electron chi connectivity index (χ3n) is 4.60. The van der Waals surface area contributed by atoms with E-state index in [-0.39, 0.29) is 22.7 Å². The molecule has 0 atom stereocenters. The minimum Gasteiger partial charge on any atom is -0.321 e. The molecule has 0 radical (unpaired) electrons. The van der Waals surface area contributed by atoms with Crippen LogP contribution in [-0.2, 0) is 23.1 Å². The fraction of sp³-hybridized carbons (Fsp3) is 0.227. The summed E-state index contributed by atoms with van der Waals surface area (Å²) >= 11 is 0. The molecule has 1 heterocycles. The van der Waals surface area contributed by atoms with E-state index in [4.69, 9.17) is 0 Å². The molecule has 0 spiro atoms. The van der Waals surface area contributed by atoms with E-state index in [2.05, 4.69) is 10.4 Å². The summed E-state index contributed by atoms with van der Waals surface area (Å²) < 4.78 is 28.2. The summed E-state index contributed by atoms with van der Waals surface area (Å²) in [7, 11) is -2.16. The van der Waals surface area contributed by atoms with Crippen LogP contribution in [0.15, 0.2) is 76.4 Å². The highest BCUT2D eigenvalue weighted by Crippen LogP contribution is 2.19. The van der Waals surface area contributed by atoms with Crippen LogP contribution >= 0.6 is 0 Å². The average Bonchev–Trinajstić information content (AvgIpc) is 2.76. The molecule has 2 aromatic carbocycles. The van der Waals surface area contributed by atoms with E-state index in [9.17, 15) is 18.0 Å². The van der Waals surface area contributed by atoms with Crippen LogP contribution in [0.4, 0.5) is 5.69 Å². The number of benzene rings is 2. The lowest BCUT2D eigenvalue weighted by Gasteiger charge is -2.17. The maximum atomic E-state index is 12.8. The molecular formula is C22H24N4O4S. The predicted octanol–water partition coefficient (Wildman–Crippen LogP) is 2.73. The van der Waals surface area contributed by atoms with Crippen molar-refractivity contribution in [3.63, 3.8) is 0 Å². The van der Waals surface area contributed by atoms with E-state index in [1.165, 1.54) is 52.4 Å². The van der Waals surface area contributed by atoms with E-state index in [1.54, 1.807) is 0 Å². The van der Waals surface area contributed by atoms with E-state index >= 15 is 0 Å². The molecule has 0 fully saturated rings. The van der Waals surface area contributed by atoms with Gasteiger partial charge in [-0.2, -0.15) is 9.40 Å². The molecule has 0 bridgehead atoms. The fourth-order valence-corrected chi connectivity index (χ4v) is 4.11. The molecule has 8 nitrogen and oxygen atoms in total. The lowest BCUT2D eigenvalue weighted by Crippen LogP contribution is -2.26. The Morgan fingerprint density at radius 1 is 1.03 bits per heavy atom. The lowest BCUT2D eigenvalue weighted by atomic mass is 10.2. The van der Waals surface area contributed by atoms with Gasteiger partial charge in [-0.1, -0.05) is 37.3 Å². The van der Waals surface area contributed by atoms with Gasteiger partial charge in [0.15, 0.2) is 0 Å². The first-order valence-electron chi connectivity index (χ1n) is 9.81. The smallest absolute Gasteiger partial charge is 0.276 e. The second-order valence-electron chi connectivity index (χ2n) is 7.01. The molecule has 0 unspecified atom stereocenters. The van der Waals surface area contributed by atoms with Crippen LogP contribution in [-0.4, -0.2) is 35.5 Å². The minimum atomic E-state index is -3.68. The van der Waals surface area contributed by atoms with Crippen LogP contribution in [0.2, 0.25) is 0 Å². The van der Waals surface area contributed by atoms with Crippen LogP contribution in [0.1, 0.15) is 29.4 Å². The summed E-state index contributed by atoms with van der Waals surface area (Å²) in [6, 6.07) is 17.9. The highest BCUT2D eigenvalue weighted by Gasteiger charge is 2.21. The van der Waals surface area contributed by atoms with Crippen LogP contribution in [0, 0.1) is 0 Å². The molecule has 3 aromatic rings. The van der Waals surface area contributed by atoms with Gasteiger partial charge in [0.25, 0.3) is 11.5 Å². The first kappa shape index (κ1) is 22.4. The number of hydrogen-bond donors (Lipinski definition) is 1. The zero-order valence-electron chi connectivity index (χ0n) is 17.4. The highest BCUT2D eigenvalue weighted by atomic mass is 32.2. The number of sulfonamides is 1. The lowest BCUT2D eigenvalue weighted by molar-refractivity contribution is 0.101. The van der Waals surface area contributed by atoms with Crippen LogP contribution in [0.25, 0.3) is 0 Å². The normalized spacial score (nSPS) is 11.5. The van der Waals surface area contributed by atoms with Gasteiger partial charge in [-0.15, -0.1) is 0 Å². The molecule has 1 amide bonds. The van der Waals surface area contributed by atoms with E-state index < -0.39 is 15.9 Å².